The maximum atomic E-state index is 12.0. The van der Waals surface area contributed by atoms with Crippen LogP contribution in [0.5, 0.6) is 11.5 Å². The van der Waals surface area contributed by atoms with Crippen LogP contribution in [0.4, 0.5) is 0 Å². The number of ether oxygens (including phenoxy) is 3. The van der Waals surface area contributed by atoms with Crippen molar-refractivity contribution in [2.24, 2.45) is 0 Å². The van der Waals surface area contributed by atoms with Crippen LogP contribution in [-0.2, 0) is 4.74 Å². The number of benzene rings is 1. The third kappa shape index (κ3) is 3.71. The van der Waals surface area contributed by atoms with E-state index in [1.165, 1.54) is 26.4 Å². The number of methoxy groups -OCH3 is 2. The summed E-state index contributed by atoms with van der Waals surface area (Å²) in [6.45, 7) is 5.33. The molecule has 0 saturated carbocycles. The molecule has 0 N–H and O–H groups in total. The lowest BCUT2D eigenvalue weighted by Gasteiger charge is -2.20. The molecule has 1 rings (SSSR count). The topological polar surface area (TPSA) is 61.8 Å². The Balaban J connectivity index is 3.23. The van der Waals surface area contributed by atoms with Crippen molar-refractivity contribution in [2.45, 2.75) is 26.4 Å². The molecule has 0 aliphatic carbocycles. The number of hydrogen-bond donors (Lipinski definition) is 0. The van der Waals surface area contributed by atoms with Gasteiger partial charge in [-0.05, 0) is 32.9 Å². The molecule has 0 aliphatic heterocycles. The third-order valence-corrected chi connectivity index (χ3v) is 2.30. The minimum atomic E-state index is -0.596. The predicted octanol–water partition coefficient (Wildman–Crippen LogP) is 2.47. The van der Waals surface area contributed by atoms with E-state index in [9.17, 15) is 9.59 Å². The van der Waals surface area contributed by atoms with Crippen molar-refractivity contribution in [3.05, 3.63) is 23.3 Å². The highest BCUT2D eigenvalue weighted by atomic mass is 16.6. The Kier molecular flexibility index (Phi) is 4.53. The maximum Gasteiger partial charge on any atom is 0.338 e. The number of hydrogen-bond acceptors (Lipinski definition) is 5. The second-order valence-electron chi connectivity index (χ2n) is 4.91. The fourth-order valence-electron chi connectivity index (χ4n) is 1.51. The number of rotatable bonds is 4. The zero-order valence-corrected chi connectivity index (χ0v) is 11.8. The minimum absolute atomic E-state index is 0.261. The van der Waals surface area contributed by atoms with Gasteiger partial charge in [-0.1, -0.05) is 0 Å². The molecule has 1 aromatic rings. The molecule has 0 aliphatic rings. The van der Waals surface area contributed by atoms with E-state index in [1.54, 1.807) is 20.8 Å². The van der Waals surface area contributed by atoms with Gasteiger partial charge in [0.2, 0.25) is 0 Å². The van der Waals surface area contributed by atoms with Crippen molar-refractivity contribution < 1.29 is 23.8 Å². The van der Waals surface area contributed by atoms with E-state index in [1.807, 2.05) is 0 Å². The summed E-state index contributed by atoms with van der Waals surface area (Å²) in [5, 5.41) is 0. The molecule has 0 spiro atoms. The lowest BCUT2D eigenvalue weighted by Crippen LogP contribution is -2.24. The molecule has 104 valence electrons. The second kappa shape index (κ2) is 5.73. The zero-order valence-electron chi connectivity index (χ0n) is 11.8. The summed E-state index contributed by atoms with van der Waals surface area (Å²) in [5.41, 5.74) is -0.0625. The average Bonchev–Trinajstić information content (AvgIpc) is 2.34. The Labute approximate surface area is 112 Å². The Morgan fingerprint density at radius 1 is 1.11 bits per heavy atom. The van der Waals surface area contributed by atoms with Gasteiger partial charge in [-0.15, -0.1) is 0 Å². The van der Waals surface area contributed by atoms with Gasteiger partial charge in [0.1, 0.15) is 17.1 Å². The van der Waals surface area contributed by atoms with E-state index in [2.05, 4.69) is 0 Å². The van der Waals surface area contributed by atoms with Gasteiger partial charge in [0.15, 0.2) is 6.29 Å². The fourth-order valence-corrected chi connectivity index (χ4v) is 1.51. The van der Waals surface area contributed by atoms with Crippen LogP contribution >= 0.6 is 0 Å². The lowest BCUT2D eigenvalue weighted by molar-refractivity contribution is 0.00686. The van der Waals surface area contributed by atoms with Crippen molar-refractivity contribution in [1.82, 2.24) is 0 Å². The number of carbonyl (C=O) groups is 2. The molecule has 0 atom stereocenters. The van der Waals surface area contributed by atoms with Crippen molar-refractivity contribution in [2.75, 3.05) is 14.2 Å². The molecule has 0 heterocycles. The molecule has 0 radical (unpaired) electrons. The van der Waals surface area contributed by atoms with Crippen LogP contribution in [0.3, 0.4) is 0 Å². The lowest BCUT2D eigenvalue weighted by atomic mass is 10.1. The van der Waals surface area contributed by atoms with E-state index in [4.69, 9.17) is 14.2 Å². The molecular formula is C14H18O5. The molecule has 0 amide bonds. The van der Waals surface area contributed by atoms with Crippen LogP contribution in [0.1, 0.15) is 41.5 Å². The van der Waals surface area contributed by atoms with Gasteiger partial charge < -0.3 is 14.2 Å². The number of aldehydes is 1. The van der Waals surface area contributed by atoms with Crippen molar-refractivity contribution in [3.8, 4) is 11.5 Å². The van der Waals surface area contributed by atoms with Gasteiger partial charge in [0.05, 0.1) is 25.3 Å². The van der Waals surface area contributed by atoms with Crippen LogP contribution in [0.25, 0.3) is 0 Å². The standard InChI is InChI=1S/C14H18O5/c1-14(2,3)19-13(16)9-6-11(17-4)10(8-15)12(7-9)18-5/h6-8H,1-5H3. The number of esters is 1. The first-order valence-electron chi connectivity index (χ1n) is 5.77. The van der Waals surface area contributed by atoms with Gasteiger partial charge in [0.25, 0.3) is 0 Å². The van der Waals surface area contributed by atoms with E-state index < -0.39 is 11.6 Å². The van der Waals surface area contributed by atoms with Gasteiger partial charge in [-0.3, -0.25) is 4.79 Å². The summed E-state index contributed by atoms with van der Waals surface area (Å²) in [7, 11) is 2.83. The van der Waals surface area contributed by atoms with Crippen molar-refractivity contribution >= 4 is 12.3 Å². The fraction of sp³-hybridized carbons (Fsp3) is 0.429. The Bertz CT molecular complexity index is 460. The summed E-state index contributed by atoms with van der Waals surface area (Å²) in [6, 6.07) is 2.92. The predicted molar refractivity (Wildman–Crippen MR) is 70.1 cm³/mol. The molecule has 19 heavy (non-hydrogen) atoms. The Morgan fingerprint density at radius 3 is 1.89 bits per heavy atom. The first-order valence-corrected chi connectivity index (χ1v) is 5.77. The van der Waals surface area contributed by atoms with Gasteiger partial charge in [-0.2, -0.15) is 0 Å². The first-order chi connectivity index (χ1) is 8.82. The second-order valence-corrected chi connectivity index (χ2v) is 4.91. The van der Waals surface area contributed by atoms with Crippen LogP contribution < -0.4 is 9.47 Å². The maximum absolute atomic E-state index is 12.0. The van der Waals surface area contributed by atoms with Gasteiger partial charge in [0, 0.05) is 0 Å². The third-order valence-electron chi connectivity index (χ3n) is 2.30. The highest BCUT2D eigenvalue weighted by Crippen LogP contribution is 2.29. The van der Waals surface area contributed by atoms with Crippen LogP contribution in [0, 0.1) is 0 Å². The molecule has 0 aromatic heterocycles. The largest absolute Gasteiger partial charge is 0.496 e. The monoisotopic (exact) mass is 266 g/mol. The molecule has 5 nitrogen and oxygen atoms in total. The molecule has 0 saturated heterocycles. The zero-order chi connectivity index (χ0) is 14.6. The van der Waals surface area contributed by atoms with Crippen LogP contribution in [0.15, 0.2) is 12.1 Å². The van der Waals surface area contributed by atoms with Crippen molar-refractivity contribution in [1.29, 1.82) is 0 Å². The molecule has 0 fully saturated rings. The smallest absolute Gasteiger partial charge is 0.338 e. The van der Waals surface area contributed by atoms with Gasteiger partial charge >= 0.3 is 5.97 Å². The van der Waals surface area contributed by atoms with Crippen LogP contribution in [-0.4, -0.2) is 32.1 Å². The molecule has 0 bridgehead atoms. The normalized spacial score (nSPS) is 10.8. The van der Waals surface area contributed by atoms with Crippen LogP contribution in [0.2, 0.25) is 0 Å². The molecule has 5 heteroatoms. The van der Waals surface area contributed by atoms with E-state index in [0.29, 0.717) is 6.29 Å². The van der Waals surface area contributed by atoms with Crippen molar-refractivity contribution in [3.63, 3.8) is 0 Å². The Hall–Kier alpha value is -2.04. The summed E-state index contributed by atoms with van der Waals surface area (Å²) in [5.74, 6) is 0.0481. The van der Waals surface area contributed by atoms with E-state index >= 15 is 0 Å². The van der Waals surface area contributed by atoms with Gasteiger partial charge in [-0.25, -0.2) is 4.79 Å². The van der Waals surface area contributed by atoms with E-state index in [0.717, 1.165) is 0 Å². The molecular weight excluding hydrogens is 248 g/mol. The summed E-state index contributed by atoms with van der Waals surface area (Å²) in [4.78, 5) is 23.0. The minimum Gasteiger partial charge on any atom is -0.496 e. The highest BCUT2D eigenvalue weighted by Gasteiger charge is 2.21. The molecule has 0 unspecified atom stereocenters. The summed E-state index contributed by atoms with van der Waals surface area (Å²) >= 11 is 0. The summed E-state index contributed by atoms with van der Waals surface area (Å²) < 4.78 is 15.4. The Morgan fingerprint density at radius 2 is 1.58 bits per heavy atom. The SMILES string of the molecule is COc1cc(C(=O)OC(C)(C)C)cc(OC)c1C=O. The number of carbonyl (C=O) groups excluding carboxylic acids is 2. The molecule has 1 aromatic carbocycles. The average molecular weight is 266 g/mol. The quantitative estimate of drug-likeness (QED) is 0.619. The first kappa shape index (κ1) is 15.0. The summed E-state index contributed by atoms with van der Waals surface area (Å²) in [6.07, 6.45) is 0.622. The van der Waals surface area contributed by atoms with E-state index in [-0.39, 0.29) is 22.6 Å². The highest BCUT2D eigenvalue weighted by molar-refractivity contribution is 5.94.